The number of halogens is 1. The maximum absolute atomic E-state index is 15.7. The fourth-order valence-corrected chi connectivity index (χ4v) is 21.1. The Bertz CT molecular complexity index is 2630. The summed E-state index contributed by atoms with van der Waals surface area (Å²) in [5.41, 5.74) is 1.46. The molecule has 1 N–H and O–H groups in total. The van der Waals surface area contributed by atoms with Crippen LogP contribution in [0.1, 0.15) is 150 Å². The summed E-state index contributed by atoms with van der Waals surface area (Å²) < 4.78 is 101. The van der Waals surface area contributed by atoms with Crippen LogP contribution in [0.2, 0.25) is 36.3 Å². The standard InChI is InChI=1S/C66H101BrO14SSi2/c1-14-84(15-2,16-3)72-33-23-26-47-35-42(5)44(7)54(74-47)38-55-57(45(8)53(77-55)34-41(4)40-73-83(12,13)65(9,10)11)63(82(70,71)50-27-21-18-22-28-50)51(68)37-48-29-30-52-58(75-48)62-61-60(78-52)59-56(79-61)39-66(80-59,81-62)32-31-49(36-43(6)67)76-64(69)46-24-19-17-20-25-46/h17-22,24-25,27-28,41-42,45,47-49,51-63,68H,6-7,14-16,23,26,29-40H2,1-5,8-13H3/t41-,42+,45-,47-,48+,49+,51?,52-,53+,54+,55?,56+,57+,58-,59?,60-,61+,62-,63?,66-/m0/s1. The fourth-order valence-electron chi connectivity index (χ4n) is 14.7. The summed E-state index contributed by atoms with van der Waals surface area (Å²) in [4.78, 5) is 13.5. The highest BCUT2D eigenvalue weighted by atomic mass is 79.9. The van der Waals surface area contributed by atoms with Gasteiger partial charge >= 0.3 is 5.97 Å². The van der Waals surface area contributed by atoms with Gasteiger partial charge in [0.15, 0.2) is 32.3 Å². The largest absolute Gasteiger partial charge is 0.458 e. The van der Waals surface area contributed by atoms with Crippen molar-refractivity contribution in [3.05, 3.63) is 89.4 Å². The predicted octanol–water partition coefficient (Wildman–Crippen LogP) is 13.5. The monoisotopic (exact) mass is 1280 g/mol. The summed E-state index contributed by atoms with van der Waals surface area (Å²) in [7, 11) is -8.01. The number of benzene rings is 2. The minimum absolute atomic E-state index is 0.00666. The predicted molar refractivity (Wildman–Crippen MR) is 335 cm³/mol. The van der Waals surface area contributed by atoms with Gasteiger partial charge in [-0.1, -0.05) is 128 Å². The molecule has 84 heavy (non-hydrogen) atoms. The topological polar surface area (TPSA) is 164 Å². The van der Waals surface area contributed by atoms with E-state index in [1.165, 1.54) is 0 Å². The molecular formula is C66H101BrO14SSi2. The molecule has 6 bridgehead atoms. The molecule has 4 unspecified atom stereocenters. The van der Waals surface area contributed by atoms with Crippen molar-refractivity contribution in [3.8, 4) is 0 Å². The number of ether oxygens (including phenoxy) is 8. The second-order valence-electron chi connectivity index (χ2n) is 27.6. The van der Waals surface area contributed by atoms with Crippen molar-refractivity contribution in [3.63, 3.8) is 0 Å². The van der Waals surface area contributed by atoms with Gasteiger partial charge in [0.05, 0.1) is 64.5 Å². The first kappa shape index (κ1) is 66.3. The first-order valence-corrected chi connectivity index (χ1v) is 39.7. The molecule has 10 rings (SSSR count). The number of carbonyl (C=O) groups excluding carboxylic acids is 1. The molecule has 0 spiro atoms. The van der Waals surface area contributed by atoms with E-state index < -0.39 is 92.1 Å². The lowest BCUT2D eigenvalue weighted by Crippen LogP contribution is -2.62. The molecule has 14 nitrogen and oxygen atoms in total. The van der Waals surface area contributed by atoms with Crippen molar-refractivity contribution in [1.82, 2.24) is 0 Å². The number of fused-ring (bicyclic) bond motifs is 1. The molecule has 8 aliphatic rings. The van der Waals surface area contributed by atoms with E-state index in [4.69, 9.17) is 46.7 Å². The van der Waals surface area contributed by atoms with Gasteiger partial charge in [-0.3, -0.25) is 0 Å². The molecule has 0 saturated carbocycles. The highest BCUT2D eigenvalue weighted by Gasteiger charge is 2.69. The van der Waals surface area contributed by atoms with E-state index in [1.807, 2.05) is 24.3 Å². The Labute approximate surface area is 513 Å². The van der Waals surface area contributed by atoms with Crippen LogP contribution in [0.15, 0.2) is 88.8 Å². The van der Waals surface area contributed by atoms with Crippen molar-refractivity contribution < 1.29 is 65.1 Å². The van der Waals surface area contributed by atoms with Crippen LogP contribution in [0.3, 0.4) is 0 Å². The molecule has 2 aromatic rings. The molecule has 8 saturated heterocycles. The van der Waals surface area contributed by atoms with E-state index in [1.54, 1.807) is 36.4 Å². The van der Waals surface area contributed by atoms with Crippen LogP contribution in [0, 0.1) is 23.7 Å². The quantitative estimate of drug-likeness (QED) is 0.0370. The van der Waals surface area contributed by atoms with Crippen LogP contribution in [0.5, 0.6) is 0 Å². The van der Waals surface area contributed by atoms with Gasteiger partial charge in [-0.05, 0) is 133 Å². The normalized spacial score (nSPS) is 34.6. The average molecular weight is 1290 g/mol. The number of hydrogen-bond acceptors (Lipinski definition) is 14. The zero-order valence-corrected chi connectivity index (χ0v) is 56.6. The maximum atomic E-state index is 15.7. The first-order chi connectivity index (χ1) is 39.8. The van der Waals surface area contributed by atoms with Gasteiger partial charge in [-0.2, -0.15) is 0 Å². The number of aliphatic hydroxyl groups is 1. The first-order valence-electron chi connectivity index (χ1n) is 32.0. The van der Waals surface area contributed by atoms with E-state index >= 15 is 8.42 Å². The molecule has 8 fully saturated rings. The van der Waals surface area contributed by atoms with Crippen LogP contribution in [-0.2, 0) is 56.6 Å². The Hall–Kier alpha value is -2.15. The number of esters is 1. The molecular weight excluding hydrogens is 1180 g/mol. The van der Waals surface area contributed by atoms with E-state index in [0.717, 1.165) is 49.6 Å². The van der Waals surface area contributed by atoms with Gasteiger partial charge in [0.25, 0.3) is 0 Å². The van der Waals surface area contributed by atoms with E-state index in [9.17, 15) is 9.90 Å². The Morgan fingerprint density at radius 2 is 1.49 bits per heavy atom. The summed E-state index contributed by atoms with van der Waals surface area (Å²) in [5, 5.41) is 11.9. The highest BCUT2D eigenvalue weighted by Crippen LogP contribution is 2.55. The van der Waals surface area contributed by atoms with Crippen LogP contribution < -0.4 is 0 Å². The number of aliphatic hydroxyl groups excluding tert-OH is 1. The van der Waals surface area contributed by atoms with Crippen LogP contribution in [0.4, 0.5) is 0 Å². The van der Waals surface area contributed by atoms with E-state index in [0.29, 0.717) is 68.0 Å². The number of carbonyl (C=O) groups is 1. The van der Waals surface area contributed by atoms with Crippen molar-refractivity contribution in [2.24, 2.45) is 23.7 Å². The molecule has 470 valence electrons. The van der Waals surface area contributed by atoms with E-state index in [-0.39, 0.29) is 76.8 Å². The van der Waals surface area contributed by atoms with Gasteiger partial charge in [-0.25, -0.2) is 13.2 Å². The minimum Gasteiger partial charge on any atom is -0.458 e. The lowest BCUT2D eigenvalue weighted by molar-refractivity contribution is -0.293. The fraction of sp³-hybridized carbons (Fsp3) is 0.742. The molecule has 0 aliphatic carbocycles. The lowest BCUT2D eigenvalue weighted by Gasteiger charge is -2.48. The van der Waals surface area contributed by atoms with Crippen LogP contribution in [0.25, 0.3) is 0 Å². The smallest absolute Gasteiger partial charge is 0.338 e. The number of hydrogen-bond donors (Lipinski definition) is 1. The van der Waals surface area contributed by atoms with Crippen molar-refractivity contribution in [1.29, 1.82) is 0 Å². The number of rotatable bonds is 28. The van der Waals surface area contributed by atoms with Gasteiger partial charge in [0.2, 0.25) is 0 Å². The summed E-state index contributed by atoms with van der Waals surface area (Å²) in [6.45, 7) is 34.6. The van der Waals surface area contributed by atoms with Crippen molar-refractivity contribution >= 4 is 48.4 Å². The van der Waals surface area contributed by atoms with Crippen LogP contribution in [-0.4, -0.2) is 146 Å². The molecule has 2 aromatic carbocycles. The van der Waals surface area contributed by atoms with E-state index in [2.05, 4.69) is 104 Å². The Balaban J connectivity index is 0.960. The van der Waals surface area contributed by atoms with Gasteiger partial charge < -0.3 is 51.9 Å². The summed E-state index contributed by atoms with van der Waals surface area (Å²) in [6.07, 6.45) is 0.160. The molecule has 8 aliphatic heterocycles. The zero-order chi connectivity index (χ0) is 60.5. The average Bonchev–Trinajstić information content (AvgIpc) is 1.59. The lowest BCUT2D eigenvalue weighted by atomic mass is 9.78. The third-order valence-corrected chi connectivity index (χ3v) is 32.7. The summed E-state index contributed by atoms with van der Waals surface area (Å²) in [5.74, 6) is -2.04. The molecule has 8 heterocycles. The highest BCUT2D eigenvalue weighted by molar-refractivity contribution is 9.11. The number of sulfone groups is 1. The second-order valence-corrected chi connectivity index (χ2v) is 40.4. The SMILES string of the molecule is C=C(Br)C[C@@H](CC[C@@]12C[C@H]3O[C@H]4[C@@H](O1)[C@H]1O[C@@H](CC(O)C([C@H]5C(C[C@H]6O[C@@H](CCCO[Si](CC)(CC)CC)C[C@@H](C)C6=C)O[C@H](C[C@H](C)CO[Si](C)(C)C(C)(C)C)[C@@H]5C)S(=O)(=O)c5ccccc5)CC[C@@H]1O[C@H]4C3O2)OC(=O)c1ccccc1. The third kappa shape index (κ3) is 14.7. The molecule has 0 aromatic heterocycles. The Morgan fingerprint density at radius 3 is 2.15 bits per heavy atom. The molecule has 20 atom stereocenters. The van der Waals surface area contributed by atoms with Gasteiger partial charge in [0.1, 0.15) is 36.6 Å². The van der Waals surface area contributed by atoms with Gasteiger partial charge in [0, 0.05) is 51.2 Å². The summed E-state index contributed by atoms with van der Waals surface area (Å²) >= 11 is 3.51. The molecule has 18 heteroatoms. The molecule has 0 radical (unpaired) electrons. The van der Waals surface area contributed by atoms with Gasteiger partial charge in [-0.15, -0.1) is 0 Å². The molecule has 0 amide bonds. The minimum atomic E-state index is -4.22. The van der Waals surface area contributed by atoms with Crippen molar-refractivity contribution in [2.45, 2.75) is 277 Å². The van der Waals surface area contributed by atoms with Crippen molar-refractivity contribution in [2.75, 3.05) is 13.2 Å². The zero-order valence-electron chi connectivity index (χ0n) is 52.2. The maximum Gasteiger partial charge on any atom is 0.338 e. The van der Waals surface area contributed by atoms with Crippen LogP contribution >= 0.6 is 15.9 Å². The third-order valence-electron chi connectivity index (χ3n) is 20.9. The Kier molecular flexibility index (Phi) is 21.7. The summed E-state index contributed by atoms with van der Waals surface area (Å²) in [6, 6.07) is 20.9. The second kappa shape index (κ2) is 27.5. The Morgan fingerprint density at radius 1 is 0.833 bits per heavy atom.